The van der Waals surface area contributed by atoms with Crippen molar-refractivity contribution < 1.29 is 19.4 Å². The van der Waals surface area contributed by atoms with E-state index in [1.54, 1.807) is 26.0 Å². The van der Waals surface area contributed by atoms with Gasteiger partial charge in [-0.1, -0.05) is 52.8 Å². The first-order chi connectivity index (χ1) is 9.69. The van der Waals surface area contributed by atoms with Crippen LogP contribution in [-0.4, -0.2) is 17.0 Å². The molecule has 0 heterocycles. The zero-order valence-corrected chi connectivity index (χ0v) is 13.4. The van der Waals surface area contributed by atoms with Crippen LogP contribution >= 0.6 is 0 Å². The lowest BCUT2D eigenvalue weighted by molar-refractivity contribution is -0.163. The topological polar surface area (TPSA) is 63.6 Å². The van der Waals surface area contributed by atoms with Crippen LogP contribution in [0.25, 0.3) is 0 Å². The lowest BCUT2D eigenvalue weighted by Crippen LogP contribution is -2.41. The van der Waals surface area contributed by atoms with Crippen LogP contribution in [0.3, 0.4) is 0 Å². The van der Waals surface area contributed by atoms with E-state index in [4.69, 9.17) is 4.74 Å². The molecule has 0 bridgehead atoms. The molecule has 116 valence electrons. The van der Waals surface area contributed by atoms with Crippen LogP contribution < -0.4 is 4.74 Å². The highest BCUT2D eigenvalue weighted by atomic mass is 16.5. The van der Waals surface area contributed by atoms with Gasteiger partial charge in [0.1, 0.15) is 5.75 Å². The van der Waals surface area contributed by atoms with E-state index in [2.05, 4.69) is 0 Å². The molecule has 1 rings (SSSR count). The van der Waals surface area contributed by atoms with Crippen molar-refractivity contribution in [3.8, 4) is 5.75 Å². The monoisotopic (exact) mass is 292 g/mol. The molecule has 0 saturated heterocycles. The predicted octanol–water partition coefficient (Wildman–Crippen LogP) is 3.78. The number of hydrogen-bond acceptors (Lipinski definition) is 3. The number of carbonyl (C=O) groups is 2. The molecule has 0 spiro atoms. The van der Waals surface area contributed by atoms with Gasteiger partial charge in [-0.15, -0.1) is 0 Å². The molecule has 0 aliphatic rings. The van der Waals surface area contributed by atoms with E-state index in [1.165, 1.54) is 0 Å². The molecule has 0 unspecified atom stereocenters. The van der Waals surface area contributed by atoms with Crippen LogP contribution in [-0.2, 0) is 15.0 Å². The third-order valence-electron chi connectivity index (χ3n) is 3.90. The summed E-state index contributed by atoms with van der Waals surface area (Å²) >= 11 is 0. The second-order valence-electron chi connectivity index (χ2n) is 6.23. The highest BCUT2D eigenvalue weighted by molar-refractivity contribution is 6.00. The Bertz CT molecular complexity index is 522. The number of rotatable bonds is 5. The van der Waals surface area contributed by atoms with Gasteiger partial charge in [-0.05, 0) is 24.3 Å². The fourth-order valence-corrected chi connectivity index (χ4v) is 2.30. The van der Waals surface area contributed by atoms with E-state index in [0.29, 0.717) is 5.75 Å². The number of carboxylic acid groups (broad SMARTS) is 1. The van der Waals surface area contributed by atoms with E-state index in [-0.39, 0.29) is 18.3 Å². The van der Waals surface area contributed by atoms with Crippen molar-refractivity contribution in [2.45, 2.75) is 52.9 Å². The third kappa shape index (κ3) is 3.43. The van der Waals surface area contributed by atoms with Crippen molar-refractivity contribution >= 4 is 11.9 Å². The Balaban J connectivity index is 3.17. The molecule has 21 heavy (non-hydrogen) atoms. The Morgan fingerprint density at radius 2 is 1.62 bits per heavy atom. The molecule has 0 amide bonds. The van der Waals surface area contributed by atoms with Gasteiger partial charge in [0.05, 0.1) is 0 Å². The molecule has 1 aromatic carbocycles. The predicted molar refractivity (Wildman–Crippen MR) is 81.4 cm³/mol. The minimum absolute atomic E-state index is 0.193. The number of hydrogen-bond donors (Lipinski definition) is 1. The first kappa shape index (κ1) is 17.2. The summed E-state index contributed by atoms with van der Waals surface area (Å²) in [5.41, 5.74) is -0.795. The Morgan fingerprint density at radius 1 is 1.10 bits per heavy atom. The Hall–Kier alpha value is -1.84. The summed E-state index contributed by atoms with van der Waals surface area (Å²) in [4.78, 5) is 23.9. The molecule has 0 fully saturated rings. The number of benzene rings is 1. The first-order valence-corrected chi connectivity index (χ1v) is 7.24. The number of para-hydroxylation sites is 1. The number of aliphatic carboxylic acids is 1. The third-order valence-corrected chi connectivity index (χ3v) is 3.90. The largest absolute Gasteiger partial charge is 0.480 e. The van der Waals surface area contributed by atoms with Gasteiger partial charge in [-0.25, -0.2) is 0 Å². The fraction of sp³-hybridized carbons (Fsp3) is 0.529. The molecule has 4 heteroatoms. The average Bonchev–Trinajstić information content (AvgIpc) is 2.39. The quantitative estimate of drug-likeness (QED) is 0.509. The van der Waals surface area contributed by atoms with Gasteiger partial charge in [0.2, 0.25) is 0 Å². The number of carbonyl (C=O) groups excluding carboxylic acids is 1. The van der Waals surface area contributed by atoms with Crippen LogP contribution in [0.2, 0.25) is 0 Å². The second kappa shape index (κ2) is 6.29. The maximum Gasteiger partial charge on any atom is 0.328 e. The molecule has 0 saturated carbocycles. The molecule has 0 aromatic heterocycles. The van der Waals surface area contributed by atoms with Crippen LogP contribution in [0.4, 0.5) is 0 Å². The first-order valence-electron chi connectivity index (χ1n) is 7.24. The van der Waals surface area contributed by atoms with Crippen molar-refractivity contribution in [3.63, 3.8) is 0 Å². The van der Waals surface area contributed by atoms with Crippen LogP contribution in [0, 0.1) is 5.41 Å². The normalized spacial score (nSPS) is 12.0. The standard InChI is InChI=1S/C17H24O4/c1-6-17(7-2,14(18)19)15(20)21-13-11-9-8-10-12(13)16(3,4)5/h8-11H,6-7H2,1-5H3,(H,18,19). The summed E-state index contributed by atoms with van der Waals surface area (Å²) in [7, 11) is 0. The van der Waals surface area contributed by atoms with Crippen molar-refractivity contribution in [1.82, 2.24) is 0 Å². The molecular weight excluding hydrogens is 268 g/mol. The van der Waals surface area contributed by atoms with E-state index in [0.717, 1.165) is 5.56 Å². The Morgan fingerprint density at radius 3 is 2.05 bits per heavy atom. The highest BCUT2D eigenvalue weighted by Crippen LogP contribution is 2.34. The average molecular weight is 292 g/mol. The summed E-state index contributed by atoms with van der Waals surface area (Å²) in [5, 5.41) is 9.40. The van der Waals surface area contributed by atoms with E-state index < -0.39 is 17.4 Å². The summed E-state index contributed by atoms with van der Waals surface area (Å²) in [6.45, 7) is 9.43. The SMILES string of the molecule is CCC(CC)(C(=O)O)C(=O)Oc1ccccc1C(C)(C)C. The zero-order valence-electron chi connectivity index (χ0n) is 13.4. The maximum atomic E-state index is 12.4. The second-order valence-corrected chi connectivity index (χ2v) is 6.23. The lowest BCUT2D eigenvalue weighted by Gasteiger charge is -2.27. The Kier molecular flexibility index (Phi) is 5.15. The zero-order chi connectivity index (χ0) is 16.3. The minimum atomic E-state index is -1.48. The molecule has 1 aromatic rings. The number of carboxylic acids is 1. The summed E-state index contributed by atoms with van der Waals surface area (Å²) in [6, 6.07) is 7.25. The summed E-state index contributed by atoms with van der Waals surface area (Å²) in [6.07, 6.45) is 0.407. The lowest BCUT2D eigenvalue weighted by atomic mass is 9.82. The van der Waals surface area contributed by atoms with Gasteiger partial charge in [-0.2, -0.15) is 0 Å². The molecule has 4 nitrogen and oxygen atoms in total. The molecule has 1 N–H and O–H groups in total. The fourth-order valence-electron chi connectivity index (χ4n) is 2.30. The molecule has 0 aliphatic carbocycles. The van der Waals surface area contributed by atoms with E-state index >= 15 is 0 Å². The van der Waals surface area contributed by atoms with Crippen LogP contribution in [0.15, 0.2) is 24.3 Å². The van der Waals surface area contributed by atoms with Gasteiger partial charge in [0.25, 0.3) is 0 Å². The molecule has 0 radical (unpaired) electrons. The maximum absolute atomic E-state index is 12.4. The smallest absolute Gasteiger partial charge is 0.328 e. The van der Waals surface area contributed by atoms with Crippen LogP contribution in [0.5, 0.6) is 5.75 Å². The number of ether oxygens (including phenoxy) is 1. The van der Waals surface area contributed by atoms with Crippen molar-refractivity contribution in [2.24, 2.45) is 5.41 Å². The highest BCUT2D eigenvalue weighted by Gasteiger charge is 2.45. The molecule has 0 atom stereocenters. The van der Waals surface area contributed by atoms with Crippen molar-refractivity contribution in [2.75, 3.05) is 0 Å². The molecular formula is C17H24O4. The van der Waals surface area contributed by atoms with E-state index in [1.807, 2.05) is 32.9 Å². The van der Waals surface area contributed by atoms with E-state index in [9.17, 15) is 14.7 Å². The minimum Gasteiger partial charge on any atom is -0.480 e. The van der Waals surface area contributed by atoms with Gasteiger partial charge in [-0.3, -0.25) is 9.59 Å². The molecule has 0 aliphatic heterocycles. The van der Waals surface area contributed by atoms with Crippen LogP contribution in [0.1, 0.15) is 53.0 Å². The van der Waals surface area contributed by atoms with Gasteiger partial charge in [0, 0.05) is 5.56 Å². The number of esters is 1. The van der Waals surface area contributed by atoms with Gasteiger partial charge in [0.15, 0.2) is 5.41 Å². The van der Waals surface area contributed by atoms with Crippen molar-refractivity contribution in [3.05, 3.63) is 29.8 Å². The van der Waals surface area contributed by atoms with Gasteiger partial charge >= 0.3 is 11.9 Å². The Labute approximate surface area is 126 Å². The summed E-state index contributed by atoms with van der Waals surface area (Å²) < 4.78 is 5.46. The van der Waals surface area contributed by atoms with Gasteiger partial charge < -0.3 is 9.84 Å². The van der Waals surface area contributed by atoms with Crippen molar-refractivity contribution in [1.29, 1.82) is 0 Å². The summed E-state index contributed by atoms with van der Waals surface area (Å²) in [5.74, 6) is -1.40.